The van der Waals surface area contributed by atoms with Crippen LogP contribution >= 0.6 is 0 Å². The number of aliphatic carboxylic acids is 1. The minimum Gasteiger partial charge on any atom is -0.497 e. The van der Waals surface area contributed by atoms with Gasteiger partial charge in [0.2, 0.25) is 22.1 Å². The van der Waals surface area contributed by atoms with Crippen molar-refractivity contribution in [1.29, 1.82) is 0 Å². The number of rotatable bonds is 10. The van der Waals surface area contributed by atoms with Crippen LogP contribution in [-0.2, 0) is 24.3 Å². The summed E-state index contributed by atoms with van der Waals surface area (Å²) in [6, 6.07) is 5.95. The molecule has 0 aliphatic carbocycles. The van der Waals surface area contributed by atoms with Gasteiger partial charge in [-0.1, -0.05) is 20.8 Å². The number of aliphatic hydroxyl groups is 1. The van der Waals surface area contributed by atoms with Crippen LogP contribution in [0.25, 0.3) is 0 Å². The first-order valence-corrected chi connectivity index (χ1v) is 11.4. The fraction of sp³-hybridized carbons (Fsp3) is 0.571. The summed E-state index contributed by atoms with van der Waals surface area (Å²) < 4.78 is 43.1. The number of carboxylic acid groups (broad SMARTS) is 1. The Morgan fingerprint density at radius 2 is 1.87 bits per heavy atom. The highest BCUT2D eigenvalue weighted by atomic mass is 32.2. The third-order valence-corrected chi connectivity index (χ3v) is 6.98. The van der Waals surface area contributed by atoms with E-state index in [0.29, 0.717) is 12.2 Å². The molecule has 0 bridgehead atoms. The molecule has 0 amide bonds. The molecule has 2 rings (SSSR count). The maximum atomic E-state index is 12.9. The van der Waals surface area contributed by atoms with Gasteiger partial charge in [-0.25, -0.2) is 13.2 Å². The van der Waals surface area contributed by atoms with E-state index < -0.39 is 22.3 Å². The lowest BCUT2D eigenvalue weighted by Crippen LogP contribution is -2.38. The number of nitrogens with zero attached hydrogens (tertiary/aromatic N) is 1. The number of hydrogen-bond donors (Lipinski definition) is 2. The molecular formula is C21H31NO8S. The Kier molecular flexibility index (Phi) is 8.47. The van der Waals surface area contributed by atoms with Crippen LogP contribution in [-0.4, -0.2) is 68.6 Å². The van der Waals surface area contributed by atoms with Gasteiger partial charge in [0.05, 0.1) is 25.2 Å². The standard InChI is InChI=1S/C21H31NO8S/c1-21(2,3)15-13-18(20(24)25)30-19(14-15)29-12-10-22(9-11-23)31(26,27)17-7-5-16(28-4)6-8-17/h5-8,13,15,19,23H,9-12,14H2,1-4H3,(H,24,25)/t15-,19+/m1/s1. The summed E-state index contributed by atoms with van der Waals surface area (Å²) in [4.78, 5) is 11.5. The van der Waals surface area contributed by atoms with Gasteiger partial charge in [0.1, 0.15) is 5.75 Å². The summed E-state index contributed by atoms with van der Waals surface area (Å²) in [5.41, 5.74) is -0.188. The highest BCUT2D eigenvalue weighted by molar-refractivity contribution is 7.89. The minimum absolute atomic E-state index is 0.0240. The molecule has 0 saturated carbocycles. The average molecular weight is 458 g/mol. The zero-order chi connectivity index (χ0) is 23.2. The number of hydrogen-bond acceptors (Lipinski definition) is 7. The summed E-state index contributed by atoms with van der Waals surface area (Å²) in [5.74, 6) is -0.893. The van der Waals surface area contributed by atoms with Crippen molar-refractivity contribution in [2.45, 2.75) is 38.4 Å². The van der Waals surface area contributed by atoms with Crippen LogP contribution in [0.5, 0.6) is 5.75 Å². The lowest BCUT2D eigenvalue weighted by Gasteiger charge is -2.35. The molecule has 1 aliphatic rings. The number of aliphatic hydroxyl groups excluding tert-OH is 1. The van der Waals surface area contributed by atoms with E-state index >= 15 is 0 Å². The van der Waals surface area contributed by atoms with Crippen molar-refractivity contribution >= 4 is 16.0 Å². The van der Waals surface area contributed by atoms with E-state index in [4.69, 9.17) is 14.2 Å². The highest BCUT2D eigenvalue weighted by Crippen LogP contribution is 2.36. The van der Waals surface area contributed by atoms with Crippen molar-refractivity contribution in [1.82, 2.24) is 4.31 Å². The van der Waals surface area contributed by atoms with Gasteiger partial charge < -0.3 is 24.4 Å². The Morgan fingerprint density at radius 1 is 1.23 bits per heavy atom. The first-order chi connectivity index (χ1) is 14.5. The second kappa shape index (κ2) is 10.4. The number of carbonyl (C=O) groups is 1. The number of allylic oxidation sites excluding steroid dienone is 1. The van der Waals surface area contributed by atoms with Crippen LogP contribution < -0.4 is 4.74 Å². The van der Waals surface area contributed by atoms with Crippen LogP contribution in [0, 0.1) is 11.3 Å². The van der Waals surface area contributed by atoms with E-state index in [1.807, 2.05) is 20.8 Å². The van der Waals surface area contributed by atoms with Gasteiger partial charge in [0.25, 0.3) is 0 Å². The molecule has 174 valence electrons. The third kappa shape index (κ3) is 6.67. The van der Waals surface area contributed by atoms with E-state index in [2.05, 4.69) is 0 Å². The predicted molar refractivity (Wildman–Crippen MR) is 113 cm³/mol. The molecule has 1 aromatic rings. The minimum atomic E-state index is -3.86. The van der Waals surface area contributed by atoms with Crippen LogP contribution in [0.3, 0.4) is 0 Å². The summed E-state index contributed by atoms with van der Waals surface area (Å²) >= 11 is 0. The molecule has 9 nitrogen and oxygen atoms in total. The van der Waals surface area contributed by atoms with Crippen molar-refractivity contribution in [3.8, 4) is 5.75 Å². The SMILES string of the molecule is COc1ccc(S(=O)(=O)N(CCO)CCO[C@@H]2C[C@H](C(C)(C)C)C=C(C(=O)O)O2)cc1. The van der Waals surface area contributed by atoms with Crippen LogP contribution in [0.1, 0.15) is 27.2 Å². The maximum Gasteiger partial charge on any atom is 0.370 e. The molecule has 0 saturated heterocycles. The van der Waals surface area contributed by atoms with E-state index in [1.54, 1.807) is 18.2 Å². The second-order valence-corrected chi connectivity index (χ2v) is 10.2. The number of benzene rings is 1. The van der Waals surface area contributed by atoms with Crippen molar-refractivity contribution < 1.29 is 37.6 Å². The molecular weight excluding hydrogens is 426 g/mol. The van der Waals surface area contributed by atoms with Gasteiger partial charge in [0.15, 0.2) is 0 Å². The number of carboxylic acids is 1. The van der Waals surface area contributed by atoms with Crippen molar-refractivity contribution in [2.24, 2.45) is 11.3 Å². The van der Waals surface area contributed by atoms with Gasteiger partial charge in [-0.05, 0) is 41.7 Å². The fourth-order valence-corrected chi connectivity index (χ4v) is 4.58. The second-order valence-electron chi connectivity index (χ2n) is 8.27. The molecule has 0 spiro atoms. The normalized spacial score (nSPS) is 19.6. The molecule has 10 heteroatoms. The van der Waals surface area contributed by atoms with Gasteiger partial charge in [-0.15, -0.1) is 0 Å². The van der Waals surface area contributed by atoms with E-state index in [9.17, 15) is 23.4 Å². The molecule has 1 aliphatic heterocycles. The topological polar surface area (TPSA) is 123 Å². The number of methoxy groups -OCH3 is 1. The van der Waals surface area contributed by atoms with Crippen molar-refractivity contribution in [3.05, 3.63) is 36.1 Å². The molecule has 2 atom stereocenters. The number of sulfonamides is 1. The summed E-state index contributed by atoms with van der Waals surface area (Å²) in [6.45, 7) is 5.49. The Bertz CT molecular complexity index is 874. The van der Waals surface area contributed by atoms with Gasteiger partial charge >= 0.3 is 5.97 Å². The van der Waals surface area contributed by atoms with E-state index in [0.717, 1.165) is 4.31 Å². The van der Waals surface area contributed by atoms with Gasteiger partial charge in [-0.2, -0.15) is 4.31 Å². The molecule has 1 heterocycles. The van der Waals surface area contributed by atoms with Crippen LogP contribution in [0.15, 0.2) is 41.0 Å². The maximum absolute atomic E-state index is 12.9. The molecule has 31 heavy (non-hydrogen) atoms. The monoisotopic (exact) mass is 457 g/mol. The first kappa shape index (κ1) is 25.1. The molecule has 1 aromatic carbocycles. The van der Waals surface area contributed by atoms with Crippen molar-refractivity contribution in [2.75, 3.05) is 33.4 Å². The lowest BCUT2D eigenvalue weighted by molar-refractivity contribution is -0.162. The summed E-state index contributed by atoms with van der Waals surface area (Å²) in [6.07, 6.45) is 1.24. The zero-order valence-corrected chi connectivity index (χ0v) is 19.1. The molecule has 0 fully saturated rings. The lowest BCUT2D eigenvalue weighted by atomic mass is 9.77. The van der Waals surface area contributed by atoms with Gasteiger partial charge in [-0.3, -0.25) is 0 Å². The molecule has 2 N–H and O–H groups in total. The quantitative estimate of drug-likeness (QED) is 0.547. The average Bonchev–Trinajstić information content (AvgIpc) is 2.72. The summed E-state index contributed by atoms with van der Waals surface area (Å²) in [7, 11) is -2.37. The Hall–Kier alpha value is -2.14. The van der Waals surface area contributed by atoms with E-state index in [1.165, 1.54) is 19.2 Å². The predicted octanol–water partition coefficient (Wildman–Crippen LogP) is 2.07. The fourth-order valence-electron chi connectivity index (χ4n) is 3.16. The number of ether oxygens (including phenoxy) is 3. The van der Waals surface area contributed by atoms with Crippen LogP contribution in [0.4, 0.5) is 0 Å². The Balaban J connectivity index is 2.06. The highest BCUT2D eigenvalue weighted by Gasteiger charge is 2.34. The smallest absolute Gasteiger partial charge is 0.370 e. The summed E-state index contributed by atoms with van der Waals surface area (Å²) in [5, 5.41) is 18.7. The Morgan fingerprint density at radius 3 is 2.39 bits per heavy atom. The van der Waals surface area contributed by atoms with Gasteiger partial charge in [0, 0.05) is 19.5 Å². The zero-order valence-electron chi connectivity index (χ0n) is 18.3. The first-order valence-electron chi connectivity index (χ1n) is 9.97. The largest absolute Gasteiger partial charge is 0.497 e. The Labute approximate surface area is 183 Å². The van der Waals surface area contributed by atoms with Crippen LogP contribution in [0.2, 0.25) is 0 Å². The molecule has 0 aromatic heterocycles. The third-order valence-electron chi connectivity index (χ3n) is 5.07. The van der Waals surface area contributed by atoms with Crippen molar-refractivity contribution in [3.63, 3.8) is 0 Å². The molecule has 0 radical (unpaired) electrons. The van der Waals surface area contributed by atoms with E-state index in [-0.39, 0.29) is 48.3 Å². The molecule has 0 unspecified atom stereocenters.